The Kier molecular flexibility index (Phi) is 4.62. The summed E-state index contributed by atoms with van der Waals surface area (Å²) < 4.78 is 0. The Morgan fingerprint density at radius 1 is 0.714 bits per heavy atom. The lowest BCUT2D eigenvalue weighted by Gasteiger charge is -2.13. The number of hydrogen-bond donors (Lipinski definition) is 2. The summed E-state index contributed by atoms with van der Waals surface area (Å²) in [6, 6.07) is 25.7. The number of benzene rings is 5. The fourth-order valence-corrected chi connectivity index (χ4v) is 3.86. The number of carboxylic acid groups (broad SMARTS) is 1. The van der Waals surface area contributed by atoms with Crippen LogP contribution >= 0.6 is 0 Å². The average molecular weight is 369 g/mol. The van der Waals surface area contributed by atoms with Gasteiger partial charge in [0.25, 0.3) is 0 Å². The molecular weight excluding hydrogens is 346 g/mol. The van der Waals surface area contributed by atoms with E-state index >= 15 is 0 Å². The maximum absolute atomic E-state index is 10.0. The molecule has 1 atom stereocenters. The van der Waals surface area contributed by atoms with Crippen molar-refractivity contribution >= 4 is 49.1 Å². The Balaban J connectivity index is 0.000000208. The van der Waals surface area contributed by atoms with Gasteiger partial charge in [-0.15, -0.1) is 0 Å². The van der Waals surface area contributed by atoms with E-state index in [9.17, 15) is 4.79 Å². The lowest BCUT2D eigenvalue weighted by Crippen LogP contribution is -2.34. The van der Waals surface area contributed by atoms with E-state index in [1.807, 2.05) is 0 Å². The minimum Gasteiger partial charge on any atom is -0.480 e. The smallest absolute Gasteiger partial charge is 0.320 e. The van der Waals surface area contributed by atoms with Gasteiger partial charge in [-0.25, -0.2) is 0 Å². The molecule has 0 fully saturated rings. The monoisotopic (exact) mass is 369 g/mol. The fraction of sp³-hybridized carbons (Fsp3) is 0.160. The van der Waals surface area contributed by atoms with Crippen LogP contribution in [0.2, 0.25) is 0 Å². The van der Waals surface area contributed by atoms with Gasteiger partial charge in [0.2, 0.25) is 0 Å². The molecule has 0 unspecified atom stereocenters. The van der Waals surface area contributed by atoms with Crippen molar-refractivity contribution in [3.05, 3.63) is 72.8 Å². The van der Waals surface area contributed by atoms with Crippen molar-refractivity contribution in [2.75, 3.05) is 0 Å². The number of hydrogen-bond acceptors (Lipinski definition) is 2. The quantitative estimate of drug-likeness (QED) is 0.306. The van der Waals surface area contributed by atoms with Gasteiger partial charge in [0, 0.05) is 0 Å². The van der Waals surface area contributed by atoms with E-state index in [4.69, 9.17) is 10.8 Å². The highest BCUT2D eigenvalue weighted by Gasteiger charge is 2.14. The first-order valence-electron chi connectivity index (χ1n) is 9.51. The van der Waals surface area contributed by atoms with Gasteiger partial charge >= 0.3 is 5.97 Å². The van der Waals surface area contributed by atoms with Crippen molar-refractivity contribution in [2.24, 2.45) is 11.7 Å². The third kappa shape index (κ3) is 2.94. The molecule has 3 nitrogen and oxygen atoms in total. The molecule has 0 saturated carbocycles. The summed E-state index contributed by atoms with van der Waals surface area (Å²) in [7, 11) is 0. The van der Waals surface area contributed by atoms with Crippen LogP contribution in [0.15, 0.2) is 72.8 Å². The second-order valence-electron chi connectivity index (χ2n) is 7.53. The van der Waals surface area contributed by atoms with Crippen molar-refractivity contribution in [2.45, 2.75) is 19.9 Å². The summed E-state index contributed by atoms with van der Waals surface area (Å²) in [5.74, 6) is -0.910. The Morgan fingerprint density at radius 3 is 1.25 bits per heavy atom. The van der Waals surface area contributed by atoms with E-state index in [-0.39, 0.29) is 5.92 Å². The van der Waals surface area contributed by atoms with E-state index in [1.165, 1.54) is 43.1 Å². The molecule has 3 N–H and O–H groups in total. The molecule has 0 spiro atoms. The molecule has 0 aliphatic heterocycles. The largest absolute Gasteiger partial charge is 0.480 e. The van der Waals surface area contributed by atoms with Crippen LogP contribution in [-0.4, -0.2) is 17.1 Å². The van der Waals surface area contributed by atoms with Crippen LogP contribution in [0.5, 0.6) is 0 Å². The van der Waals surface area contributed by atoms with Crippen LogP contribution in [-0.2, 0) is 4.79 Å². The normalized spacial score (nSPS) is 12.6. The molecule has 28 heavy (non-hydrogen) atoms. The zero-order chi connectivity index (χ0) is 19.8. The predicted octanol–water partition coefficient (Wildman–Crippen LogP) is 5.79. The van der Waals surface area contributed by atoms with Crippen LogP contribution in [0, 0.1) is 5.92 Å². The second kappa shape index (κ2) is 7.10. The number of aliphatic carboxylic acids is 1. The van der Waals surface area contributed by atoms with Gasteiger partial charge in [0.05, 0.1) is 0 Å². The molecule has 0 aliphatic carbocycles. The van der Waals surface area contributed by atoms with Crippen LogP contribution in [0.1, 0.15) is 13.8 Å². The van der Waals surface area contributed by atoms with Crippen LogP contribution in [0.25, 0.3) is 43.1 Å². The molecular formula is C25H23NO2. The average Bonchev–Trinajstić information content (AvgIpc) is 2.71. The minimum absolute atomic E-state index is 0.0208. The first-order valence-corrected chi connectivity index (χ1v) is 9.51. The molecule has 0 amide bonds. The predicted molar refractivity (Wildman–Crippen MR) is 118 cm³/mol. The first-order chi connectivity index (χ1) is 13.5. The molecule has 0 saturated heterocycles. The maximum Gasteiger partial charge on any atom is 0.320 e. The summed E-state index contributed by atoms with van der Waals surface area (Å²) in [5.41, 5.74) is 5.16. The Bertz CT molecular complexity index is 1120. The topological polar surface area (TPSA) is 63.3 Å². The first kappa shape index (κ1) is 18.2. The fourth-order valence-electron chi connectivity index (χ4n) is 3.86. The summed E-state index contributed by atoms with van der Waals surface area (Å²) in [6.07, 6.45) is 0. The Labute approximate surface area is 163 Å². The van der Waals surface area contributed by atoms with Gasteiger partial charge in [-0.1, -0.05) is 86.6 Å². The summed E-state index contributed by atoms with van der Waals surface area (Å²) >= 11 is 0. The van der Waals surface area contributed by atoms with Gasteiger partial charge in [0.1, 0.15) is 6.04 Å². The lowest BCUT2D eigenvalue weighted by molar-refractivity contribution is -0.139. The van der Waals surface area contributed by atoms with Gasteiger partial charge < -0.3 is 10.8 Å². The third-order valence-electron chi connectivity index (χ3n) is 5.39. The SMILES string of the molecule is CC(C)[C@H](N)C(=O)O.c1cc2cccc3c4cccc5cccc(c(c1)c23)c54. The number of nitrogens with two attached hydrogens (primary N) is 1. The highest BCUT2D eigenvalue weighted by molar-refractivity contribution is 6.32. The molecule has 0 heterocycles. The third-order valence-corrected chi connectivity index (χ3v) is 5.39. The van der Waals surface area contributed by atoms with Crippen molar-refractivity contribution in [3.63, 3.8) is 0 Å². The molecule has 5 aromatic carbocycles. The molecule has 0 radical (unpaired) electrons. The van der Waals surface area contributed by atoms with E-state index in [2.05, 4.69) is 72.8 Å². The van der Waals surface area contributed by atoms with Crippen LogP contribution in [0.3, 0.4) is 0 Å². The number of carbonyl (C=O) groups is 1. The standard InChI is InChI=1S/C20H12.C5H11NO2/c1-5-13-6-2-11-17-18-12-4-8-14-7-3-10-16(20(14)18)15(9-1)19(13)17;1-3(2)4(6)5(7)8/h1-12H;3-4H,6H2,1-2H3,(H,7,8)/t;4-/m.0/s1. The molecule has 0 aromatic heterocycles. The second-order valence-corrected chi connectivity index (χ2v) is 7.53. The molecule has 140 valence electrons. The summed E-state index contributed by atoms with van der Waals surface area (Å²) in [4.78, 5) is 10.0. The van der Waals surface area contributed by atoms with Crippen molar-refractivity contribution in [3.8, 4) is 0 Å². The van der Waals surface area contributed by atoms with Crippen molar-refractivity contribution < 1.29 is 9.90 Å². The number of rotatable bonds is 2. The zero-order valence-electron chi connectivity index (χ0n) is 16.0. The molecule has 5 aromatic rings. The van der Waals surface area contributed by atoms with Gasteiger partial charge in [-0.05, 0) is 49.0 Å². The molecule has 5 rings (SSSR count). The zero-order valence-corrected chi connectivity index (χ0v) is 16.0. The van der Waals surface area contributed by atoms with Gasteiger partial charge in [-0.2, -0.15) is 0 Å². The molecule has 3 heteroatoms. The Hall–Kier alpha value is -3.17. The van der Waals surface area contributed by atoms with E-state index < -0.39 is 12.0 Å². The highest BCUT2D eigenvalue weighted by Crippen LogP contribution is 2.39. The van der Waals surface area contributed by atoms with E-state index in [1.54, 1.807) is 13.8 Å². The van der Waals surface area contributed by atoms with E-state index in [0.29, 0.717) is 0 Å². The highest BCUT2D eigenvalue weighted by atomic mass is 16.4. The van der Waals surface area contributed by atoms with Crippen LogP contribution in [0.4, 0.5) is 0 Å². The minimum atomic E-state index is -0.931. The van der Waals surface area contributed by atoms with Crippen molar-refractivity contribution in [1.29, 1.82) is 0 Å². The van der Waals surface area contributed by atoms with Gasteiger partial charge in [0.15, 0.2) is 0 Å². The number of fused-ring (bicyclic) bond motifs is 2. The van der Waals surface area contributed by atoms with Gasteiger partial charge in [-0.3, -0.25) is 4.79 Å². The molecule has 0 aliphatic rings. The van der Waals surface area contributed by atoms with Crippen molar-refractivity contribution in [1.82, 2.24) is 0 Å². The lowest BCUT2D eigenvalue weighted by atomic mass is 9.90. The summed E-state index contributed by atoms with van der Waals surface area (Å²) in [5, 5.41) is 19.1. The summed E-state index contributed by atoms with van der Waals surface area (Å²) in [6.45, 7) is 3.55. The molecule has 0 bridgehead atoms. The maximum atomic E-state index is 10.0. The number of carboxylic acids is 1. The Morgan fingerprint density at radius 2 is 1.04 bits per heavy atom. The van der Waals surface area contributed by atoms with Crippen LogP contribution < -0.4 is 5.73 Å². The van der Waals surface area contributed by atoms with E-state index in [0.717, 1.165) is 0 Å².